The van der Waals surface area contributed by atoms with Gasteiger partial charge in [0.05, 0.1) is 27.7 Å². The number of sulfone groups is 1. The number of aliphatic carboxylic acids is 1. The van der Waals surface area contributed by atoms with Crippen LogP contribution in [0.3, 0.4) is 0 Å². The zero-order valence-corrected chi connectivity index (χ0v) is 23.9. The number of nitrogens with zero attached hydrogens (tertiary/aromatic N) is 2. The molecule has 1 atom stereocenters. The highest BCUT2D eigenvalue weighted by atomic mass is 35.5. The van der Waals surface area contributed by atoms with Crippen LogP contribution in [0.1, 0.15) is 27.0 Å². The molecule has 0 fully saturated rings. The molecule has 2 heterocycles. The lowest BCUT2D eigenvalue weighted by atomic mass is 10.0. The van der Waals surface area contributed by atoms with Gasteiger partial charge in [0.2, 0.25) is 5.91 Å². The number of carboxylic acids is 1. The molecule has 1 aromatic heterocycles. The molecule has 5 rings (SSSR count). The number of phenolic OH excluding ortho intramolecular Hbond substituents is 1. The molecule has 0 radical (unpaired) electrons. The highest BCUT2D eigenvalue weighted by Crippen LogP contribution is 2.34. The van der Waals surface area contributed by atoms with Crippen molar-refractivity contribution in [2.45, 2.75) is 30.6 Å². The maximum absolute atomic E-state index is 13.4. The molecule has 216 valence electrons. The van der Waals surface area contributed by atoms with Crippen LogP contribution < -0.4 is 5.32 Å². The van der Waals surface area contributed by atoms with Crippen molar-refractivity contribution in [2.24, 2.45) is 0 Å². The fourth-order valence-corrected chi connectivity index (χ4v) is 5.99. The zero-order valence-electron chi connectivity index (χ0n) is 22.3. The molecule has 3 N–H and O–H groups in total. The minimum atomic E-state index is -3.50. The van der Waals surface area contributed by atoms with Crippen LogP contribution in [0.15, 0.2) is 77.8 Å². The van der Waals surface area contributed by atoms with Crippen LogP contribution in [-0.4, -0.2) is 58.2 Å². The molecule has 0 saturated carbocycles. The molecule has 10 nitrogen and oxygen atoms in total. The first-order valence-corrected chi connectivity index (χ1v) is 15.1. The van der Waals surface area contributed by atoms with E-state index < -0.39 is 27.8 Å². The smallest absolute Gasteiger partial charge is 0.326 e. The Bertz CT molecular complexity index is 1880. The van der Waals surface area contributed by atoms with Crippen LogP contribution >= 0.6 is 11.6 Å². The average molecular weight is 608 g/mol. The third-order valence-corrected chi connectivity index (χ3v) is 8.42. The summed E-state index contributed by atoms with van der Waals surface area (Å²) in [4.78, 5) is 40.0. The molecular weight excluding hydrogens is 582 g/mol. The van der Waals surface area contributed by atoms with Crippen LogP contribution in [0.2, 0.25) is 5.02 Å². The second kappa shape index (κ2) is 11.3. The number of carbonyl (C=O) groups excluding carboxylic acids is 2. The summed E-state index contributed by atoms with van der Waals surface area (Å²) in [6.07, 6.45) is 5.55. The van der Waals surface area contributed by atoms with E-state index >= 15 is 0 Å². The van der Waals surface area contributed by atoms with E-state index in [1.807, 2.05) is 0 Å². The van der Waals surface area contributed by atoms with Gasteiger partial charge in [-0.05, 0) is 47.5 Å². The number of amides is 2. The summed E-state index contributed by atoms with van der Waals surface area (Å²) >= 11 is 6.57. The highest BCUT2D eigenvalue weighted by Gasteiger charge is 2.28. The van der Waals surface area contributed by atoms with Crippen LogP contribution in [-0.2, 0) is 39.1 Å². The Kier molecular flexibility index (Phi) is 7.81. The lowest BCUT2D eigenvalue weighted by Gasteiger charge is -2.29. The fraction of sp³-hybridized carbons (Fsp3) is 0.167. The number of aromatic nitrogens is 1. The maximum atomic E-state index is 13.4. The molecule has 1 aliphatic rings. The van der Waals surface area contributed by atoms with Crippen molar-refractivity contribution in [1.29, 1.82) is 0 Å². The van der Waals surface area contributed by atoms with Crippen LogP contribution in [0.25, 0.3) is 17.0 Å². The Labute approximate surface area is 246 Å². The normalized spacial score (nSPS) is 13.8. The summed E-state index contributed by atoms with van der Waals surface area (Å²) in [7, 11) is -3.50. The first-order chi connectivity index (χ1) is 19.9. The molecule has 0 saturated heterocycles. The van der Waals surface area contributed by atoms with Gasteiger partial charge in [-0.2, -0.15) is 0 Å². The molecule has 2 amide bonds. The van der Waals surface area contributed by atoms with E-state index in [4.69, 9.17) is 11.6 Å². The van der Waals surface area contributed by atoms with Crippen LogP contribution in [0.5, 0.6) is 5.75 Å². The van der Waals surface area contributed by atoms with Crippen molar-refractivity contribution in [3.63, 3.8) is 0 Å². The molecule has 4 aromatic rings. The monoisotopic (exact) mass is 607 g/mol. The van der Waals surface area contributed by atoms with E-state index in [2.05, 4.69) is 5.32 Å². The van der Waals surface area contributed by atoms with Gasteiger partial charge in [-0.1, -0.05) is 41.9 Å². The average Bonchev–Trinajstić information content (AvgIpc) is 3.36. The molecule has 12 heteroatoms. The number of hydrogen-bond donors (Lipinski definition) is 3. The fourth-order valence-electron chi connectivity index (χ4n) is 4.97. The number of hydrogen-bond acceptors (Lipinski definition) is 6. The van der Waals surface area contributed by atoms with E-state index in [9.17, 15) is 33.0 Å². The van der Waals surface area contributed by atoms with Gasteiger partial charge >= 0.3 is 5.97 Å². The minimum Gasteiger partial charge on any atom is -0.507 e. The summed E-state index contributed by atoms with van der Waals surface area (Å²) in [5, 5.41) is 22.9. The van der Waals surface area contributed by atoms with Gasteiger partial charge in [-0.25, -0.2) is 13.2 Å². The Balaban J connectivity index is 1.37. The van der Waals surface area contributed by atoms with Gasteiger partial charge in [0.15, 0.2) is 9.84 Å². The predicted molar refractivity (Wildman–Crippen MR) is 157 cm³/mol. The predicted octanol–water partition coefficient (Wildman–Crippen LogP) is 3.84. The molecular formula is C30H26ClN3O7S. The summed E-state index contributed by atoms with van der Waals surface area (Å²) < 4.78 is 25.6. The van der Waals surface area contributed by atoms with Gasteiger partial charge in [0, 0.05) is 42.4 Å². The van der Waals surface area contributed by atoms with Gasteiger partial charge < -0.3 is 25.0 Å². The topological polar surface area (TPSA) is 146 Å². The summed E-state index contributed by atoms with van der Waals surface area (Å²) in [5.74, 6) is -2.21. The largest absolute Gasteiger partial charge is 0.507 e. The van der Waals surface area contributed by atoms with E-state index in [-0.39, 0.29) is 46.8 Å². The standard InChI is InChI=1S/C30H26ClN3O7S/c1-42(40,41)21-7-4-5-18(13-21)14-24(30(38)39)32-29(37)27-22-11-12-33-17-34(16-20(28(22)33)15-23(27)31)26(36)10-9-19-6-2-3-8-25(19)35/h2-13,15,24,35H,14,16-17H2,1H3,(H,32,37)(H,38,39)/b10-9+/t24-/m0/s1. The van der Waals surface area contributed by atoms with Gasteiger partial charge in [0.25, 0.3) is 5.91 Å². The van der Waals surface area contributed by atoms with E-state index in [1.54, 1.807) is 52.1 Å². The van der Waals surface area contributed by atoms with E-state index in [0.29, 0.717) is 27.6 Å². The van der Waals surface area contributed by atoms with Crippen molar-refractivity contribution in [2.75, 3.05) is 6.26 Å². The van der Waals surface area contributed by atoms with Crippen molar-refractivity contribution >= 4 is 56.2 Å². The summed E-state index contributed by atoms with van der Waals surface area (Å²) in [6.45, 7) is 0.429. The molecule has 0 bridgehead atoms. The second-order valence-electron chi connectivity index (χ2n) is 10.00. The molecule has 0 spiro atoms. The van der Waals surface area contributed by atoms with Crippen molar-refractivity contribution in [3.8, 4) is 5.75 Å². The van der Waals surface area contributed by atoms with E-state index in [0.717, 1.165) is 6.26 Å². The number of carbonyl (C=O) groups is 3. The third-order valence-electron chi connectivity index (χ3n) is 7.01. The summed E-state index contributed by atoms with van der Waals surface area (Å²) in [6, 6.07) is 14.5. The van der Waals surface area contributed by atoms with Crippen molar-refractivity contribution in [3.05, 3.63) is 100 Å². The Morgan fingerprint density at radius 1 is 1.10 bits per heavy atom. The highest BCUT2D eigenvalue weighted by molar-refractivity contribution is 7.90. The number of para-hydroxylation sites is 1. The number of halogens is 1. The number of benzene rings is 3. The SMILES string of the molecule is CS(=O)(=O)c1cccc(C[C@H](NC(=O)c2c(Cl)cc3c4c2ccn4CN(C(=O)/C=C/c2ccccc2O)C3)C(=O)O)c1. The lowest BCUT2D eigenvalue weighted by Crippen LogP contribution is -2.42. The quantitative estimate of drug-likeness (QED) is 0.258. The molecule has 0 unspecified atom stereocenters. The van der Waals surface area contributed by atoms with Gasteiger partial charge in [-0.3, -0.25) is 9.59 Å². The summed E-state index contributed by atoms with van der Waals surface area (Å²) in [5.41, 5.74) is 2.45. The molecule has 42 heavy (non-hydrogen) atoms. The van der Waals surface area contributed by atoms with Crippen LogP contribution in [0, 0.1) is 0 Å². The van der Waals surface area contributed by atoms with E-state index in [1.165, 1.54) is 36.4 Å². The lowest BCUT2D eigenvalue weighted by molar-refractivity contribution is -0.139. The third kappa shape index (κ3) is 5.88. The van der Waals surface area contributed by atoms with Gasteiger partial charge in [0.1, 0.15) is 11.8 Å². The molecule has 3 aromatic carbocycles. The van der Waals surface area contributed by atoms with Crippen LogP contribution in [0.4, 0.5) is 0 Å². The molecule has 1 aliphatic heterocycles. The first kappa shape index (κ1) is 28.9. The number of carboxylic acid groups (broad SMARTS) is 1. The zero-order chi connectivity index (χ0) is 30.2. The van der Waals surface area contributed by atoms with Crippen molar-refractivity contribution in [1.82, 2.24) is 14.8 Å². The van der Waals surface area contributed by atoms with Gasteiger partial charge in [-0.15, -0.1) is 0 Å². The first-order valence-electron chi connectivity index (χ1n) is 12.8. The maximum Gasteiger partial charge on any atom is 0.326 e. The molecule has 0 aliphatic carbocycles. The Morgan fingerprint density at radius 3 is 2.57 bits per heavy atom. The van der Waals surface area contributed by atoms with Crippen molar-refractivity contribution < 1.29 is 33.0 Å². The second-order valence-corrected chi connectivity index (χ2v) is 12.4. The number of rotatable bonds is 8. The minimum absolute atomic E-state index is 0.0489. The Hall–Kier alpha value is -4.61. The number of aromatic hydroxyl groups is 1. The number of nitrogens with one attached hydrogen (secondary N) is 1. The Morgan fingerprint density at radius 2 is 1.86 bits per heavy atom. The number of phenols is 1.